The number of nitrogens with zero attached hydrogens (tertiary/aromatic N) is 1. The number of carbonyl (C=O) groups is 1. The van der Waals surface area contributed by atoms with Crippen LogP contribution in [0.4, 0.5) is 8.78 Å². The fourth-order valence-electron chi connectivity index (χ4n) is 1.13. The van der Waals surface area contributed by atoms with Crippen LogP contribution in [-0.2, 0) is 0 Å². The summed E-state index contributed by atoms with van der Waals surface area (Å²) in [6.45, 7) is 0. The minimum atomic E-state index is -0.727. The van der Waals surface area contributed by atoms with Gasteiger partial charge in [0.25, 0.3) is 0 Å². The summed E-state index contributed by atoms with van der Waals surface area (Å²) in [4.78, 5) is 15.6. The zero-order valence-electron chi connectivity index (χ0n) is 7.41. The fourth-order valence-corrected chi connectivity index (χ4v) is 1.71. The molecule has 1 aromatic carbocycles. The average molecular weight is 225 g/mol. The Morgan fingerprint density at radius 3 is 2.80 bits per heavy atom. The van der Waals surface area contributed by atoms with Crippen molar-refractivity contribution in [3.8, 4) is 0 Å². The second kappa shape index (κ2) is 3.86. The molecule has 0 saturated carbocycles. The summed E-state index contributed by atoms with van der Waals surface area (Å²) in [5.74, 6) is -1.91. The van der Waals surface area contributed by atoms with Crippen LogP contribution in [0.3, 0.4) is 0 Å². The molecule has 0 radical (unpaired) electrons. The van der Waals surface area contributed by atoms with Crippen LogP contribution in [0.2, 0.25) is 0 Å². The molecule has 2 rings (SSSR count). The lowest BCUT2D eigenvalue weighted by atomic mass is 10.1. The van der Waals surface area contributed by atoms with Crippen LogP contribution in [0.5, 0.6) is 0 Å². The Labute approximate surface area is 88.2 Å². The molecule has 1 heterocycles. The first-order chi connectivity index (χ1) is 7.18. The average Bonchev–Trinajstić information content (AvgIpc) is 2.74. The maximum absolute atomic E-state index is 13.2. The lowest BCUT2D eigenvalue weighted by Gasteiger charge is -1.99. The number of thiazole rings is 1. The Hall–Kier alpha value is -1.62. The number of rotatable bonds is 2. The maximum atomic E-state index is 13.2. The van der Waals surface area contributed by atoms with E-state index in [9.17, 15) is 13.6 Å². The highest BCUT2D eigenvalue weighted by atomic mass is 32.1. The van der Waals surface area contributed by atoms with Crippen LogP contribution < -0.4 is 0 Å². The summed E-state index contributed by atoms with van der Waals surface area (Å²) < 4.78 is 26.0. The molecular formula is C10H5F2NOS. The van der Waals surface area contributed by atoms with E-state index in [1.165, 1.54) is 11.7 Å². The van der Waals surface area contributed by atoms with Gasteiger partial charge in [0.2, 0.25) is 5.78 Å². The highest BCUT2D eigenvalue weighted by Gasteiger charge is 2.15. The van der Waals surface area contributed by atoms with Gasteiger partial charge >= 0.3 is 0 Å². The first kappa shape index (κ1) is 9.92. The third-order valence-electron chi connectivity index (χ3n) is 1.83. The normalized spacial score (nSPS) is 10.3. The van der Waals surface area contributed by atoms with Crippen molar-refractivity contribution in [2.45, 2.75) is 0 Å². The van der Waals surface area contributed by atoms with Gasteiger partial charge in [-0.25, -0.2) is 8.78 Å². The second-order valence-electron chi connectivity index (χ2n) is 2.82. The van der Waals surface area contributed by atoms with E-state index >= 15 is 0 Å². The Bertz CT molecular complexity index is 496. The SMILES string of the molecule is O=C(c1cncs1)c1cc(F)ccc1F. The van der Waals surface area contributed by atoms with E-state index in [-0.39, 0.29) is 5.56 Å². The number of carbonyl (C=O) groups excluding carboxylic acids is 1. The van der Waals surface area contributed by atoms with Gasteiger partial charge in [-0.2, -0.15) is 0 Å². The summed E-state index contributed by atoms with van der Waals surface area (Å²) in [5.41, 5.74) is 1.20. The summed E-state index contributed by atoms with van der Waals surface area (Å²) in [6.07, 6.45) is 1.33. The molecule has 0 unspecified atom stereocenters. The summed E-state index contributed by atoms with van der Waals surface area (Å²) in [5, 5.41) is 0. The molecule has 0 aliphatic carbocycles. The predicted octanol–water partition coefficient (Wildman–Crippen LogP) is 2.65. The Morgan fingerprint density at radius 2 is 2.13 bits per heavy atom. The quantitative estimate of drug-likeness (QED) is 0.735. The highest BCUT2D eigenvalue weighted by Crippen LogP contribution is 2.17. The minimum absolute atomic E-state index is 0.265. The molecule has 0 aliphatic rings. The van der Waals surface area contributed by atoms with E-state index in [0.717, 1.165) is 29.5 Å². The van der Waals surface area contributed by atoms with Crippen LogP contribution in [0.1, 0.15) is 15.2 Å². The monoisotopic (exact) mass is 225 g/mol. The molecular weight excluding hydrogens is 220 g/mol. The number of hydrogen-bond donors (Lipinski definition) is 0. The molecule has 5 heteroatoms. The molecule has 0 atom stereocenters. The largest absolute Gasteiger partial charge is 0.288 e. The van der Waals surface area contributed by atoms with Crippen LogP contribution in [0.25, 0.3) is 0 Å². The van der Waals surface area contributed by atoms with Crippen LogP contribution in [0, 0.1) is 11.6 Å². The van der Waals surface area contributed by atoms with Gasteiger partial charge in [-0.05, 0) is 18.2 Å². The van der Waals surface area contributed by atoms with Crippen molar-refractivity contribution >= 4 is 17.1 Å². The van der Waals surface area contributed by atoms with Crippen molar-refractivity contribution in [1.29, 1.82) is 0 Å². The standard InChI is InChI=1S/C10H5F2NOS/c11-6-1-2-8(12)7(3-6)10(14)9-4-13-5-15-9/h1-5H. The number of ketones is 1. The van der Waals surface area contributed by atoms with E-state index < -0.39 is 17.4 Å². The van der Waals surface area contributed by atoms with Gasteiger partial charge in [-0.1, -0.05) is 0 Å². The van der Waals surface area contributed by atoms with Gasteiger partial charge in [0.05, 0.1) is 16.0 Å². The minimum Gasteiger partial charge on any atom is -0.288 e. The van der Waals surface area contributed by atoms with Crippen LogP contribution in [0.15, 0.2) is 29.9 Å². The summed E-state index contributed by atoms with van der Waals surface area (Å²) in [6, 6.07) is 2.79. The van der Waals surface area contributed by atoms with E-state index in [2.05, 4.69) is 4.98 Å². The molecule has 0 fully saturated rings. The smallest absolute Gasteiger partial charge is 0.207 e. The van der Waals surface area contributed by atoms with Gasteiger partial charge in [0.15, 0.2) is 0 Å². The van der Waals surface area contributed by atoms with Gasteiger partial charge in [0, 0.05) is 6.20 Å². The van der Waals surface area contributed by atoms with Crippen molar-refractivity contribution < 1.29 is 13.6 Å². The van der Waals surface area contributed by atoms with E-state index in [1.807, 2.05) is 0 Å². The van der Waals surface area contributed by atoms with Crippen molar-refractivity contribution in [2.24, 2.45) is 0 Å². The third-order valence-corrected chi connectivity index (χ3v) is 2.60. The van der Waals surface area contributed by atoms with Crippen LogP contribution >= 0.6 is 11.3 Å². The van der Waals surface area contributed by atoms with E-state index in [1.54, 1.807) is 0 Å². The molecule has 0 spiro atoms. The second-order valence-corrected chi connectivity index (χ2v) is 3.71. The van der Waals surface area contributed by atoms with Gasteiger partial charge < -0.3 is 0 Å². The molecule has 15 heavy (non-hydrogen) atoms. The zero-order chi connectivity index (χ0) is 10.8. The molecule has 0 bridgehead atoms. The van der Waals surface area contributed by atoms with Gasteiger partial charge in [0.1, 0.15) is 11.6 Å². The first-order valence-corrected chi connectivity index (χ1v) is 4.94. The maximum Gasteiger partial charge on any atom is 0.207 e. The number of aromatic nitrogens is 1. The fraction of sp³-hybridized carbons (Fsp3) is 0. The van der Waals surface area contributed by atoms with E-state index in [0.29, 0.717) is 4.88 Å². The Kier molecular flexibility index (Phi) is 2.55. The number of benzene rings is 1. The lowest BCUT2D eigenvalue weighted by Crippen LogP contribution is -2.02. The molecule has 0 N–H and O–H groups in total. The van der Waals surface area contributed by atoms with Gasteiger partial charge in [-0.3, -0.25) is 9.78 Å². The highest BCUT2D eigenvalue weighted by molar-refractivity contribution is 7.11. The van der Waals surface area contributed by atoms with E-state index in [4.69, 9.17) is 0 Å². The molecule has 2 nitrogen and oxygen atoms in total. The topological polar surface area (TPSA) is 30.0 Å². The Morgan fingerprint density at radius 1 is 1.33 bits per heavy atom. The summed E-state index contributed by atoms with van der Waals surface area (Å²) in [7, 11) is 0. The van der Waals surface area contributed by atoms with Crippen molar-refractivity contribution in [1.82, 2.24) is 4.98 Å². The number of hydrogen-bond acceptors (Lipinski definition) is 3. The first-order valence-electron chi connectivity index (χ1n) is 4.07. The van der Waals surface area contributed by atoms with Crippen molar-refractivity contribution in [3.63, 3.8) is 0 Å². The third kappa shape index (κ3) is 1.92. The van der Waals surface area contributed by atoms with Crippen molar-refractivity contribution in [2.75, 3.05) is 0 Å². The Balaban J connectivity index is 2.46. The molecule has 0 aliphatic heterocycles. The van der Waals surface area contributed by atoms with Crippen LogP contribution in [-0.4, -0.2) is 10.8 Å². The zero-order valence-corrected chi connectivity index (χ0v) is 8.22. The molecule has 0 amide bonds. The van der Waals surface area contributed by atoms with Crippen molar-refractivity contribution in [3.05, 3.63) is 52.0 Å². The number of halogens is 2. The molecule has 0 saturated heterocycles. The van der Waals surface area contributed by atoms with Gasteiger partial charge in [-0.15, -0.1) is 11.3 Å². The predicted molar refractivity (Wildman–Crippen MR) is 51.9 cm³/mol. The lowest BCUT2D eigenvalue weighted by molar-refractivity contribution is 0.103. The summed E-state index contributed by atoms with van der Waals surface area (Å²) >= 11 is 1.09. The molecule has 1 aromatic heterocycles. The molecule has 76 valence electrons. The molecule has 2 aromatic rings.